The molecule has 0 heteroatoms. The van der Waals surface area contributed by atoms with Gasteiger partial charge in [0.25, 0.3) is 0 Å². The second kappa shape index (κ2) is 7.50. The summed E-state index contributed by atoms with van der Waals surface area (Å²) in [5.41, 5.74) is 10.3. The largest absolute Gasteiger partial charge is 0.0651 e. The highest BCUT2D eigenvalue weighted by Crippen LogP contribution is 2.38. The number of hydrogen-bond donors (Lipinski definition) is 0. The van der Waals surface area contributed by atoms with Gasteiger partial charge in [0.2, 0.25) is 0 Å². The van der Waals surface area contributed by atoms with Gasteiger partial charge in [-0.2, -0.15) is 0 Å². The van der Waals surface area contributed by atoms with Crippen molar-refractivity contribution in [1.82, 2.24) is 0 Å². The topological polar surface area (TPSA) is 0 Å². The SMILES string of the molecule is CCCc1ccc2c(c1)CC(c1ccc(CC)cc1)Cc1ccccc1-2. The number of benzene rings is 3. The van der Waals surface area contributed by atoms with Crippen LogP contribution in [0.15, 0.2) is 66.7 Å². The first kappa shape index (κ1) is 17.1. The third-order valence-electron chi connectivity index (χ3n) is 5.81. The number of rotatable bonds is 4. The van der Waals surface area contributed by atoms with Crippen molar-refractivity contribution in [3.8, 4) is 11.1 Å². The van der Waals surface area contributed by atoms with Crippen LogP contribution in [0.2, 0.25) is 0 Å². The van der Waals surface area contributed by atoms with Gasteiger partial charge in [-0.05, 0) is 70.5 Å². The van der Waals surface area contributed by atoms with Crippen molar-refractivity contribution in [3.63, 3.8) is 0 Å². The molecule has 1 atom stereocenters. The summed E-state index contributed by atoms with van der Waals surface area (Å²) in [6, 6.07) is 25.5. The van der Waals surface area contributed by atoms with Gasteiger partial charge in [0.05, 0.1) is 0 Å². The van der Waals surface area contributed by atoms with E-state index >= 15 is 0 Å². The van der Waals surface area contributed by atoms with Gasteiger partial charge in [0, 0.05) is 0 Å². The first-order valence-corrected chi connectivity index (χ1v) is 10.1. The van der Waals surface area contributed by atoms with Crippen LogP contribution in [0.1, 0.15) is 54.0 Å². The van der Waals surface area contributed by atoms with Crippen LogP contribution in [0.5, 0.6) is 0 Å². The van der Waals surface area contributed by atoms with Gasteiger partial charge < -0.3 is 0 Å². The molecule has 0 spiro atoms. The number of fused-ring (bicyclic) bond motifs is 3. The average Bonchev–Trinajstić information content (AvgIpc) is 2.85. The predicted octanol–water partition coefficient (Wildman–Crippen LogP) is 6.75. The van der Waals surface area contributed by atoms with Crippen molar-refractivity contribution in [2.24, 2.45) is 0 Å². The molecule has 0 saturated carbocycles. The van der Waals surface area contributed by atoms with Gasteiger partial charge in [0.15, 0.2) is 0 Å². The highest BCUT2D eigenvalue weighted by atomic mass is 14.3. The van der Waals surface area contributed by atoms with E-state index in [1.54, 1.807) is 0 Å². The molecule has 0 heterocycles. The van der Waals surface area contributed by atoms with Crippen LogP contribution in [0.3, 0.4) is 0 Å². The minimum atomic E-state index is 0.556. The van der Waals surface area contributed by atoms with Crippen molar-refractivity contribution in [2.45, 2.75) is 51.9 Å². The Morgan fingerprint density at radius 1 is 0.731 bits per heavy atom. The first-order chi connectivity index (χ1) is 12.8. The number of aryl methyl sites for hydroxylation is 2. The summed E-state index contributed by atoms with van der Waals surface area (Å²) in [5.74, 6) is 0.556. The second-order valence-electron chi connectivity index (χ2n) is 7.60. The molecule has 0 nitrogen and oxygen atoms in total. The lowest BCUT2D eigenvalue weighted by atomic mass is 9.87. The Bertz CT molecular complexity index is 886. The fraction of sp³-hybridized carbons (Fsp3) is 0.308. The molecular weight excluding hydrogens is 312 g/mol. The summed E-state index contributed by atoms with van der Waals surface area (Å²) >= 11 is 0. The Labute approximate surface area is 157 Å². The van der Waals surface area contributed by atoms with Crippen LogP contribution in [-0.2, 0) is 25.7 Å². The van der Waals surface area contributed by atoms with Crippen LogP contribution in [0.25, 0.3) is 11.1 Å². The molecule has 1 aliphatic carbocycles. The van der Waals surface area contributed by atoms with Gasteiger partial charge in [0.1, 0.15) is 0 Å². The van der Waals surface area contributed by atoms with E-state index in [1.807, 2.05) is 0 Å². The molecule has 0 aromatic heterocycles. The summed E-state index contributed by atoms with van der Waals surface area (Å²) in [6.45, 7) is 4.49. The molecule has 1 aliphatic rings. The minimum Gasteiger partial charge on any atom is -0.0651 e. The molecule has 132 valence electrons. The molecule has 0 amide bonds. The van der Waals surface area contributed by atoms with Crippen LogP contribution >= 0.6 is 0 Å². The standard InChI is InChI=1S/C26H28/c1-3-7-20-12-15-26-24(16-20)18-23(17-22-8-5-6-9-25(22)26)21-13-10-19(4-2)11-14-21/h5-6,8-16,23H,3-4,7,17-18H2,1-2H3. The van der Waals surface area contributed by atoms with E-state index in [0.717, 1.165) is 19.3 Å². The molecule has 0 fully saturated rings. The van der Waals surface area contributed by atoms with Gasteiger partial charge in [-0.1, -0.05) is 87.0 Å². The van der Waals surface area contributed by atoms with Crippen molar-refractivity contribution < 1.29 is 0 Å². The van der Waals surface area contributed by atoms with Gasteiger partial charge in [-0.25, -0.2) is 0 Å². The maximum Gasteiger partial charge on any atom is -0.00806 e. The Kier molecular flexibility index (Phi) is 4.93. The third-order valence-corrected chi connectivity index (χ3v) is 5.81. The molecule has 3 aromatic carbocycles. The molecule has 0 bridgehead atoms. The summed E-state index contributed by atoms with van der Waals surface area (Å²) in [4.78, 5) is 0. The maximum absolute atomic E-state index is 2.47. The van der Waals surface area contributed by atoms with Crippen LogP contribution < -0.4 is 0 Å². The Hall–Kier alpha value is -2.34. The fourth-order valence-electron chi connectivity index (χ4n) is 4.35. The van der Waals surface area contributed by atoms with E-state index in [0.29, 0.717) is 5.92 Å². The molecule has 0 N–H and O–H groups in total. The highest BCUT2D eigenvalue weighted by molar-refractivity contribution is 5.72. The summed E-state index contributed by atoms with van der Waals surface area (Å²) in [6.07, 6.45) is 5.74. The van der Waals surface area contributed by atoms with E-state index < -0.39 is 0 Å². The smallest absolute Gasteiger partial charge is 0.00806 e. The van der Waals surface area contributed by atoms with E-state index in [-0.39, 0.29) is 0 Å². The van der Waals surface area contributed by atoms with Crippen molar-refractivity contribution >= 4 is 0 Å². The van der Waals surface area contributed by atoms with Crippen molar-refractivity contribution in [3.05, 3.63) is 94.5 Å². The lowest BCUT2D eigenvalue weighted by molar-refractivity contribution is 0.687. The van der Waals surface area contributed by atoms with Gasteiger partial charge in [-0.3, -0.25) is 0 Å². The maximum atomic E-state index is 2.47. The van der Waals surface area contributed by atoms with Gasteiger partial charge >= 0.3 is 0 Å². The summed E-state index contributed by atoms with van der Waals surface area (Å²) in [5, 5.41) is 0. The molecule has 3 aromatic rings. The zero-order valence-corrected chi connectivity index (χ0v) is 16.0. The molecule has 4 rings (SSSR count). The lowest BCUT2D eigenvalue weighted by Gasteiger charge is -2.17. The van der Waals surface area contributed by atoms with Crippen LogP contribution in [0.4, 0.5) is 0 Å². The first-order valence-electron chi connectivity index (χ1n) is 10.1. The van der Waals surface area contributed by atoms with Crippen LogP contribution in [0, 0.1) is 0 Å². The Balaban J connectivity index is 1.79. The highest BCUT2D eigenvalue weighted by Gasteiger charge is 2.22. The van der Waals surface area contributed by atoms with E-state index in [9.17, 15) is 0 Å². The second-order valence-corrected chi connectivity index (χ2v) is 7.60. The Morgan fingerprint density at radius 3 is 2.19 bits per heavy atom. The fourth-order valence-corrected chi connectivity index (χ4v) is 4.35. The zero-order chi connectivity index (χ0) is 17.9. The van der Waals surface area contributed by atoms with E-state index in [2.05, 4.69) is 80.6 Å². The molecule has 1 unspecified atom stereocenters. The van der Waals surface area contributed by atoms with Crippen molar-refractivity contribution in [1.29, 1.82) is 0 Å². The average molecular weight is 341 g/mol. The zero-order valence-electron chi connectivity index (χ0n) is 16.0. The lowest BCUT2D eigenvalue weighted by Crippen LogP contribution is -2.05. The van der Waals surface area contributed by atoms with Crippen molar-refractivity contribution in [2.75, 3.05) is 0 Å². The summed E-state index contributed by atoms with van der Waals surface area (Å²) in [7, 11) is 0. The normalized spacial score (nSPS) is 15.8. The molecule has 0 saturated heterocycles. The number of hydrogen-bond acceptors (Lipinski definition) is 0. The summed E-state index contributed by atoms with van der Waals surface area (Å²) < 4.78 is 0. The third kappa shape index (κ3) is 3.33. The predicted molar refractivity (Wildman–Crippen MR) is 112 cm³/mol. The molecule has 0 radical (unpaired) electrons. The Morgan fingerprint density at radius 2 is 1.42 bits per heavy atom. The molecular formula is C26H28. The molecule has 0 aliphatic heterocycles. The van der Waals surface area contributed by atoms with E-state index in [1.165, 1.54) is 51.8 Å². The minimum absolute atomic E-state index is 0.556. The van der Waals surface area contributed by atoms with E-state index in [4.69, 9.17) is 0 Å². The monoisotopic (exact) mass is 340 g/mol. The quantitative estimate of drug-likeness (QED) is 0.493. The van der Waals surface area contributed by atoms with Gasteiger partial charge in [-0.15, -0.1) is 0 Å². The van der Waals surface area contributed by atoms with Crippen LogP contribution in [-0.4, -0.2) is 0 Å². The molecule has 26 heavy (non-hydrogen) atoms.